The van der Waals surface area contributed by atoms with Gasteiger partial charge in [-0.1, -0.05) is 26.0 Å². The van der Waals surface area contributed by atoms with Gasteiger partial charge in [-0.05, 0) is 18.6 Å². The van der Waals surface area contributed by atoms with Crippen LogP contribution in [-0.4, -0.2) is 28.1 Å². The van der Waals surface area contributed by atoms with Crippen LogP contribution in [-0.2, 0) is 0 Å². The van der Waals surface area contributed by atoms with Crippen LogP contribution in [0.15, 0.2) is 35.3 Å². The van der Waals surface area contributed by atoms with Crippen molar-refractivity contribution < 1.29 is 9.90 Å². The highest BCUT2D eigenvalue weighted by Gasteiger charge is 2.48. The van der Waals surface area contributed by atoms with Crippen molar-refractivity contribution >= 4 is 16.8 Å². The first-order valence-corrected chi connectivity index (χ1v) is 7.00. The first kappa shape index (κ1) is 13.8. The van der Waals surface area contributed by atoms with Crippen molar-refractivity contribution in [3.63, 3.8) is 0 Å². The zero-order chi connectivity index (χ0) is 15.2. The van der Waals surface area contributed by atoms with Gasteiger partial charge < -0.3 is 15.4 Å². The topological polar surface area (TPSA) is 82.2 Å². The van der Waals surface area contributed by atoms with Gasteiger partial charge in [0.25, 0.3) is 5.91 Å². The third-order valence-corrected chi connectivity index (χ3v) is 4.55. The molecule has 2 unspecified atom stereocenters. The Balaban J connectivity index is 1.89. The minimum Gasteiger partial charge on any atom is -0.392 e. The normalized spacial score (nSPS) is 23.6. The van der Waals surface area contributed by atoms with E-state index in [1.807, 2.05) is 19.9 Å². The minimum atomic E-state index is -0.419. The summed E-state index contributed by atoms with van der Waals surface area (Å²) in [6.45, 7) is 3.80. The van der Waals surface area contributed by atoms with Gasteiger partial charge in [0.2, 0.25) is 5.43 Å². The van der Waals surface area contributed by atoms with E-state index in [9.17, 15) is 14.7 Å². The van der Waals surface area contributed by atoms with E-state index in [0.717, 1.165) is 0 Å². The van der Waals surface area contributed by atoms with Gasteiger partial charge in [-0.3, -0.25) is 9.59 Å². The summed E-state index contributed by atoms with van der Waals surface area (Å²) in [4.78, 5) is 27.6. The fourth-order valence-corrected chi connectivity index (χ4v) is 2.72. The van der Waals surface area contributed by atoms with Gasteiger partial charge >= 0.3 is 0 Å². The molecule has 5 nitrogen and oxygen atoms in total. The molecule has 1 aromatic heterocycles. The number of fused-ring (bicyclic) bond motifs is 1. The van der Waals surface area contributed by atoms with Gasteiger partial charge in [0, 0.05) is 28.6 Å². The molecule has 1 fully saturated rings. The van der Waals surface area contributed by atoms with E-state index < -0.39 is 12.0 Å². The molecule has 1 aromatic carbocycles. The summed E-state index contributed by atoms with van der Waals surface area (Å²) in [5.74, 6) is -0.396. The number of nitrogens with one attached hydrogen (secondary N) is 2. The average Bonchev–Trinajstić information content (AvgIpc) is 2.47. The SMILES string of the molecule is CC1(C)C(O)CC1NC(=O)c1c[nH]c2ccccc2c1=O. The Labute approximate surface area is 122 Å². The summed E-state index contributed by atoms with van der Waals surface area (Å²) in [5.41, 5.74) is 0.170. The zero-order valence-electron chi connectivity index (χ0n) is 12.0. The van der Waals surface area contributed by atoms with Crippen LogP contribution in [0.3, 0.4) is 0 Å². The Morgan fingerprint density at radius 3 is 2.76 bits per heavy atom. The molecule has 110 valence electrons. The number of aliphatic hydroxyl groups is 1. The van der Waals surface area contributed by atoms with Crippen molar-refractivity contribution in [1.82, 2.24) is 10.3 Å². The Hall–Kier alpha value is -2.14. The van der Waals surface area contributed by atoms with E-state index in [4.69, 9.17) is 0 Å². The van der Waals surface area contributed by atoms with E-state index in [-0.39, 0.29) is 22.4 Å². The molecule has 21 heavy (non-hydrogen) atoms. The van der Waals surface area contributed by atoms with E-state index in [1.165, 1.54) is 6.20 Å². The highest BCUT2D eigenvalue weighted by atomic mass is 16.3. The van der Waals surface area contributed by atoms with E-state index >= 15 is 0 Å². The molecule has 3 rings (SSSR count). The molecule has 0 aliphatic heterocycles. The fourth-order valence-electron chi connectivity index (χ4n) is 2.72. The number of pyridine rings is 1. The van der Waals surface area contributed by atoms with Gasteiger partial charge in [0.1, 0.15) is 5.56 Å². The summed E-state index contributed by atoms with van der Waals surface area (Å²) >= 11 is 0. The number of aromatic nitrogens is 1. The predicted octanol–water partition coefficient (Wildman–Crippen LogP) is 1.42. The summed E-state index contributed by atoms with van der Waals surface area (Å²) in [7, 11) is 0. The lowest BCUT2D eigenvalue weighted by atomic mass is 9.64. The average molecular weight is 286 g/mol. The third kappa shape index (κ3) is 2.14. The lowest BCUT2D eigenvalue weighted by Gasteiger charge is -2.49. The minimum absolute atomic E-state index is 0.103. The quantitative estimate of drug-likeness (QED) is 0.781. The number of amides is 1. The standard InChI is InChI=1S/C16H18N2O3/c1-16(2)12(7-13(16)19)18-15(21)10-8-17-11-6-4-3-5-9(11)14(10)20/h3-6,8,12-13,19H,7H2,1-2H3,(H,17,20)(H,18,21). The number of aliphatic hydroxyl groups excluding tert-OH is 1. The van der Waals surface area contributed by atoms with Crippen molar-refractivity contribution in [1.29, 1.82) is 0 Å². The molecule has 0 saturated heterocycles. The van der Waals surface area contributed by atoms with Crippen molar-refractivity contribution in [3.05, 3.63) is 46.2 Å². The maximum atomic E-state index is 12.4. The summed E-state index contributed by atoms with van der Waals surface area (Å²) in [6.07, 6.45) is 1.55. The number of para-hydroxylation sites is 1. The van der Waals surface area contributed by atoms with Crippen LogP contribution in [0.2, 0.25) is 0 Å². The molecule has 2 aromatic rings. The monoisotopic (exact) mass is 286 g/mol. The van der Waals surface area contributed by atoms with Crippen LogP contribution in [0.5, 0.6) is 0 Å². The van der Waals surface area contributed by atoms with E-state index in [0.29, 0.717) is 17.3 Å². The Kier molecular flexibility index (Phi) is 3.10. The van der Waals surface area contributed by atoms with E-state index in [1.54, 1.807) is 18.2 Å². The van der Waals surface area contributed by atoms with E-state index in [2.05, 4.69) is 10.3 Å². The maximum absolute atomic E-state index is 12.4. The number of hydrogen-bond donors (Lipinski definition) is 3. The molecule has 1 aliphatic carbocycles. The van der Waals surface area contributed by atoms with Crippen LogP contribution in [0.1, 0.15) is 30.6 Å². The van der Waals surface area contributed by atoms with Crippen molar-refractivity contribution in [2.75, 3.05) is 0 Å². The molecular formula is C16H18N2O3. The number of aromatic amines is 1. The van der Waals surface area contributed by atoms with Crippen molar-refractivity contribution in [3.8, 4) is 0 Å². The number of benzene rings is 1. The summed E-state index contributed by atoms with van der Waals surface area (Å²) in [6, 6.07) is 6.97. The molecule has 1 heterocycles. The molecule has 1 amide bonds. The molecule has 0 bridgehead atoms. The summed E-state index contributed by atoms with van der Waals surface area (Å²) < 4.78 is 0. The summed E-state index contributed by atoms with van der Waals surface area (Å²) in [5, 5.41) is 13.0. The Morgan fingerprint density at radius 1 is 1.38 bits per heavy atom. The van der Waals surface area contributed by atoms with Crippen LogP contribution in [0.25, 0.3) is 10.9 Å². The van der Waals surface area contributed by atoms with Gasteiger partial charge in [-0.2, -0.15) is 0 Å². The van der Waals surface area contributed by atoms with Crippen LogP contribution in [0, 0.1) is 5.41 Å². The highest BCUT2D eigenvalue weighted by molar-refractivity contribution is 5.97. The van der Waals surface area contributed by atoms with Crippen LogP contribution >= 0.6 is 0 Å². The Bertz CT molecular complexity index is 763. The third-order valence-electron chi connectivity index (χ3n) is 4.55. The fraction of sp³-hybridized carbons (Fsp3) is 0.375. The van der Waals surface area contributed by atoms with Gasteiger partial charge in [0.05, 0.1) is 6.10 Å². The molecule has 0 radical (unpaired) electrons. The molecule has 1 aliphatic rings. The molecular weight excluding hydrogens is 268 g/mol. The maximum Gasteiger partial charge on any atom is 0.257 e. The number of hydrogen-bond acceptors (Lipinski definition) is 3. The molecule has 3 N–H and O–H groups in total. The van der Waals surface area contributed by atoms with Gasteiger partial charge in [-0.15, -0.1) is 0 Å². The lowest BCUT2D eigenvalue weighted by Crippen LogP contribution is -2.61. The number of rotatable bonds is 2. The number of carbonyl (C=O) groups is 1. The first-order valence-electron chi connectivity index (χ1n) is 7.00. The molecule has 0 spiro atoms. The molecule has 2 atom stereocenters. The second-order valence-corrected chi connectivity index (χ2v) is 6.18. The predicted molar refractivity (Wildman–Crippen MR) is 80.2 cm³/mol. The molecule has 1 saturated carbocycles. The highest BCUT2D eigenvalue weighted by Crippen LogP contribution is 2.40. The number of H-pyrrole nitrogens is 1. The zero-order valence-corrected chi connectivity index (χ0v) is 12.0. The van der Waals surface area contributed by atoms with Crippen molar-refractivity contribution in [2.24, 2.45) is 5.41 Å². The van der Waals surface area contributed by atoms with Crippen LogP contribution in [0.4, 0.5) is 0 Å². The lowest BCUT2D eigenvalue weighted by molar-refractivity contribution is -0.0689. The number of carbonyl (C=O) groups excluding carboxylic acids is 1. The first-order chi connectivity index (χ1) is 9.91. The van der Waals surface area contributed by atoms with Gasteiger partial charge in [0.15, 0.2) is 0 Å². The largest absolute Gasteiger partial charge is 0.392 e. The molecule has 5 heteroatoms. The van der Waals surface area contributed by atoms with Gasteiger partial charge in [-0.25, -0.2) is 0 Å². The second-order valence-electron chi connectivity index (χ2n) is 6.18. The Morgan fingerprint density at radius 2 is 2.10 bits per heavy atom. The van der Waals surface area contributed by atoms with Crippen LogP contribution < -0.4 is 10.7 Å². The smallest absolute Gasteiger partial charge is 0.257 e. The second kappa shape index (κ2) is 4.70. The van der Waals surface area contributed by atoms with Crippen molar-refractivity contribution in [2.45, 2.75) is 32.4 Å².